The first-order chi connectivity index (χ1) is 13.7. The van der Waals surface area contributed by atoms with Gasteiger partial charge >= 0.3 is 0 Å². The van der Waals surface area contributed by atoms with E-state index in [1.807, 2.05) is 17.8 Å². The van der Waals surface area contributed by atoms with E-state index in [9.17, 15) is 0 Å². The number of hydrogen-bond donors (Lipinski definition) is 0. The molecule has 5 nitrogen and oxygen atoms in total. The van der Waals surface area contributed by atoms with Crippen molar-refractivity contribution in [2.24, 2.45) is 11.8 Å². The van der Waals surface area contributed by atoms with E-state index in [1.165, 1.54) is 22.4 Å². The van der Waals surface area contributed by atoms with Gasteiger partial charge in [0.05, 0.1) is 21.3 Å². The second kappa shape index (κ2) is 6.99. The number of fused-ring (bicyclic) bond motifs is 3. The van der Waals surface area contributed by atoms with Crippen molar-refractivity contribution < 1.29 is 23.7 Å². The molecule has 28 heavy (non-hydrogen) atoms. The molecule has 0 spiro atoms. The topological polar surface area (TPSA) is 46.2 Å². The second-order valence-corrected chi connectivity index (χ2v) is 8.55. The zero-order chi connectivity index (χ0) is 19.3. The van der Waals surface area contributed by atoms with Crippen LogP contribution in [0.15, 0.2) is 24.3 Å². The fourth-order valence-electron chi connectivity index (χ4n) is 4.94. The Morgan fingerprint density at radius 1 is 0.964 bits per heavy atom. The normalized spacial score (nSPS) is 24.5. The minimum atomic E-state index is 0.230. The molecule has 3 aliphatic rings. The number of hydrogen-bond acceptors (Lipinski definition) is 6. The molecule has 5 rings (SSSR count). The third kappa shape index (κ3) is 2.61. The van der Waals surface area contributed by atoms with Crippen LogP contribution >= 0.6 is 11.8 Å². The van der Waals surface area contributed by atoms with Crippen LogP contribution in [0, 0.1) is 11.8 Å². The largest absolute Gasteiger partial charge is 0.493 e. The molecule has 0 aromatic heterocycles. The van der Waals surface area contributed by atoms with E-state index >= 15 is 0 Å². The average Bonchev–Trinajstić information content (AvgIpc) is 3.38. The summed E-state index contributed by atoms with van der Waals surface area (Å²) < 4.78 is 28.4. The minimum absolute atomic E-state index is 0.230. The zero-order valence-corrected chi connectivity index (χ0v) is 17.1. The third-order valence-corrected chi connectivity index (χ3v) is 7.47. The molecule has 0 bridgehead atoms. The number of ether oxygens (including phenoxy) is 5. The van der Waals surface area contributed by atoms with Gasteiger partial charge in [-0.05, 0) is 59.1 Å². The van der Waals surface area contributed by atoms with Crippen LogP contribution in [0.2, 0.25) is 0 Å². The van der Waals surface area contributed by atoms with Crippen molar-refractivity contribution in [1.82, 2.24) is 0 Å². The van der Waals surface area contributed by atoms with Crippen LogP contribution in [0.25, 0.3) is 0 Å². The summed E-state index contributed by atoms with van der Waals surface area (Å²) in [7, 11) is 5.07. The second-order valence-electron chi connectivity index (χ2n) is 7.47. The highest BCUT2D eigenvalue weighted by Gasteiger charge is 2.44. The number of methoxy groups -OCH3 is 3. The molecule has 0 radical (unpaired) electrons. The van der Waals surface area contributed by atoms with Crippen molar-refractivity contribution >= 4 is 11.8 Å². The quantitative estimate of drug-likeness (QED) is 0.770. The predicted molar refractivity (Wildman–Crippen MR) is 109 cm³/mol. The molecule has 2 aromatic rings. The van der Waals surface area contributed by atoms with Gasteiger partial charge in [0.15, 0.2) is 23.0 Å². The van der Waals surface area contributed by atoms with Crippen LogP contribution in [0.3, 0.4) is 0 Å². The SMILES string of the molecule is COc1ccc([C@H]2c3c(cc4c(c3OC)OCO4)C[C@H]3CSC[C@@H]32)cc1OC. The van der Waals surface area contributed by atoms with Gasteiger partial charge in [-0.3, -0.25) is 0 Å². The first-order valence-corrected chi connectivity index (χ1v) is 10.7. The minimum Gasteiger partial charge on any atom is -0.493 e. The van der Waals surface area contributed by atoms with Gasteiger partial charge in [0.25, 0.3) is 0 Å². The fourth-order valence-corrected chi connectivity index (χ4v) is 6.48. The molecule has 6 heteroatoms. The summed E-state index contributed by atoms with van der Waals surface area (Å²) >= 11 is 2.05. The maximum absolute atomic E-state index is 5.89. The van der Waals surface area contributed by atoms with Crippen LogP contribution in [0.4, 0.5) is 0 Å². The molecular formula is C22H24O5S. The van der Waals surface area contributed by atoms with Gasteiger partial charge in [-0.25, -0.2) is 0 Å². The van der Waals surface area contributed by atoms with Crippen LogP contribution in [0.1, 0.15) is 22.6 Å². The standard InChI is InChI=1S/C22H24O5S/c1-23-16-5-4-12(7-17(16)24-2)19-15-10-28-9-14(15)6-13-8-18-21(27-11-26-18)22(25-3)20(13)19/h4-5,7-8,14-15,19H,6,9-11H2,1-3H3/t14-,15-,19+/m0/s1. The van der Waals surface area contributed by atoms with Gasteiger partial charge in [-0.1, -0.05) is 6.07 Å². The lowest BCUT2D eigenvalue weighted by molar-refractivity contribution is 0.171. The summed E-state index contributed by atoms with van der Waals surface area (Å²) in [5.74, 6) is 7.65. The molecule has 2 aliphatic heterocycles. The predicted octanol–water partition coefficient (Wildman–Crippen LogP) is 4.11. The Morgan fingerprint density at radius 3 is 2.61 bits per heavy atom. The Kier molecular flexibility index (Phi) is 4.46. The Hall–Kier alpha value is -2.21. The molecule has 2 heterocycles. The van der Waals surface area contributed by atoms with E-state index in [0.717, 1.165) is 40.9 Å². The van der Waals surface area contributed by atoms with Crippen molar-refractivity contribution in [2.45, 2.75) is 12.3 Å². The number of thioether (sulfide) groups is 1. The van der Waals surface area contributed by atoms with Crippen LogP contribution in [0.5, 0.6) is 28.7 Å². The van der Waals surface area contributed by atoms with E-state index in [0.29, 0.717) is 11.8 Å². The molecule has 0 unspecified atom stereocenters. The maximum atomic E-state index is 5.89. The third-order valence-electron chi connectivity index (χ3n) is 6.18. The van der Waals surface area contributed by atoms with Crippen molar-refractivity contribution in [1.29, 1.82) is 0 Å². The molecule has 1 saturated heterocycles. The molecule has 148 valence electrons. The number of rotatable bonds is 4. The van der Waals surface area contributed by atoms with Gasteiger partial charge in [-0.2, -0.15) is 11.8 Å². The Bertz CT molecular complexity index is 912. The van der Waals surface area contributed by atoms with Crippen molar-refractivity contribution in [3.63, 3.8) is 0 Å². The highest BCUT2D eigenvalue weighted by atomic mass is 32.2. The summed E-state index contributed by atoms with van der Waals surface area (Å²) in [6.07, 6.45) is 1.06. The van der Waals surface area contributed by atoms with Crippen LogP contribution < -0.4 is 23.7 Å². The van der Waals surface area contributed by atoms with E-state index < -0.39 is 0 Å². The Balaban J connectivity index is 1.71. The lowest BCUT2D eigenvalue weighted by Gasteiger charge is -2.37. The van der Waals surface area contributed by atoms with Gasteiger partial charge in [0, 0.05) is 11.5 Å². The first kappa shape index (κ1) is 17.9. The molecule has 2 aromatic carbocycles. The smallest absolute Gasteiger partial charge is 0.231 e. The summed E-state index contributed by atoms with van der Waals surface area (Å²) in [5, 5.41) is 0. The maximum Gasteiger partial charge on any atom is 0.231 e. The van der Waals surface area contributed by atoms with E-state index in [1.54, 1.807) is 21.3 Å². The summed E-state index contributed by atoms with van der Waals surface area (Å²) in [5.41, 5.74) is 3.78. The first-order valence-electron chi connectivity index (χ1n) is 9.54. The van der Waals surface area contributed by atoms with Gasteiger partial charge in [0.1, 0.15) is 0 Å². The molecule has 1 aliphatic carbocycles. The fraction of sp³-hybridized carbons (Fsp3) is 0.455. The summed E-state index contributed by atoms with van der Waals surface area (Å²) in [6, 6.07) is 8.43. The van der Waals surface area contributed by atoms with E-state index in [4.69, 9.17) is 23.7 Å². The van der Waals surface area contributed by atoms with Crippen LogP contribution in [-0.2, 0) is 6.42 Å². The molecule has 3 atom stereocenters. The van der Waals surface area contributed by atoms with E-state index in [-0.39, 0.29) is 12.7 Å². The zero-order valence-electron chi connectivity index (χ0n) is 16.3. The molecule has 1 fully saturated rings. The van der Waals surface area contributed by atoms with Gasteiger partial charge in [0.2, 0.25) is 12.5 Å². The molecule has 0 saturated carbocycles. The van der Waals surface area contributed by atoms with Crippen molar-refractivity contribution in [2.75, 3.05) is 39.6 Å². The average molecular weight is 400 g/mol. The van der Waals surface area contributed by atoms with Gasteiger partial charge < -0.3 is 23.7 Å². The highest BCUT2D eigenvalue weighted by molar-refractivity contribution is 7.99. The number of benzene rings is 2. The molecule has 0 amide bonds. The Morgan fingerprint density at radius 2 is 1.82 bits per heavy atom. The van der Waals surface area contributed by atoms with Crippen LogP contribution in [-0.4, -0.2) is 39.6 Å². The van der Waals surface area contributed by atoms with E-state index in [2.05, 4.69) is 18.2 Å². The summed E-state index contributed by atoms with van der Waals surface area (Å²) in [6.45, 7) is 0.248. The lowest BCUT2D eigenvalue weighted by atomic mass is 9.67. The lowest BCUT2D eigenvalue weighted by Crippen LogP contribution is -2.30. The molecular weight excluding hydrogens is 376 g/mol. The molecule has 0 N–H and O–H groups in total. The monoisotopic (exact) mass is 400 g/mol. The van der Waals surface area contributed by atoms with Gasteiger partial charge in [-0.15, -0.1) is 0 Å². The van der Waals surface area contributed by atoms with Crippen molar-refractivity contribution in [3.05, 3.63) is 41.0 Å². The Labute approximate surface area is 169 Å². The van der Waals surface area contributed by atoms with Crippen molar-refractivity contribution in [3.8, 4) is 28.7 Å². The summed E-state index contributed by atoms with van der Waals surface area (Å²) in [4.78, 5) is 0. The highest BCUT2D eigenvalue weighted by Crippen LogP contribution is 2.57.